The molecular formula is C16H30N4O. The zero-order valence-corrected chi connectivity index (χ0v) is 13.8. The lowest BCUT2D eigenvalue weighted by Gasteiger charge is -2.48. The average Bonchev–Trinajstić information content (AvgIpc) is 2.93. The maximum absolute atomic E-state index is 13.2. The molecular weight excluding hydrogens is 264 g/mol. The quantitative estimate of drug-likeness (QED) is 0.798. The number of amides is 1. The summed E-state index contributed by atoms with van der Waals surface area (Å²) >= 11 is 0. The Bertz CT molecular complexity index is 392. The summed E-state index contributed by atoms with van der Waals surface area (Å²) in [6.45, 7) is 13.5. The zero-order chi connectivity index (χ0) is 15.0. The highest BCUT2D eigenvalue weighted by Gasteiger charge is 2.43. The van der Waals surface area contributed by atoms with Gasteiger partial charge in [0.25, 0.3) is 0 Å². The molecule has 5 nitrogen and oxygen atoms in total. The molecule has 2 unspecified atom stereocenters. The van der Waals surface area contributed by atoms with Crippen molar-refractivity contribution in [1.29, 1.82) is 0 Å². The van der Waals surface area contributed by atoms with E-state index in [2.05, 4.69) is 40.8 Å². The fourth-order valence-electron chi connectivity index (χ4n) is 4.18. The molecule has 0 bridgehead atoms. The molecule has 0 spiro atoms. The number of piperazine rings is 2. The first kappa shape index (κ1) is 15.3. The highest BCUT2D eigenvalue weighted by Crippen LogP contribution is 2.28. The number of hydrogen-bond acceptors (Lipinski definition) is 4. The number of carbonyl (C=O) groups is 1. The van der Waals surface area contributed by atoms with Gasteiger partial charge in [0.1, 0.15) is 0 Å². The van der Waals surface area contributed by atoms with E-state index in [1.54, 1.807) is 0 Å². The van der Waals surface area contributed by atoms with E-state index < -0.39 is 0 Å². The van der Waals surface area contributed by atoms with Crippen LogP contribution >= 0.6 is 0 Å². The lowest BCUT2D eigenvalue weighted by Crippen LogP contribution is -2.65. The third kappa shape index (κ3) is 2.83. The van der Waals surface area contributed by atoms with Crippen molar-refractivity contribution in [2.24, 2.45) is 0 Å². The fraction of sp³-hybridized carbons (Fsp3) is 0.938. The second kappa shape index (κ2) is 5.86. The molecule has 21 heavy (non-hydrogen) atoms. The van der Waals surface area contributed by atoms with Crippen LogP contribution in [0.3, 0.4) is 0 Å². The molecule has 1 N–H and O–H groups in total. The summed E-state index contributed by atoms with van der Waals surface area (Å²) in [7, 11) is 0. The molecule has 3 heterocycles. The Morgan fingerprint density at radius 2 is 1.86 bits per heavy atom. The number of carbonyl (C=O) groups excluding carboxylic acids is 1. The van der Waals surface area contributed by atoms with E-state index in [4.69, 9.17) is 0 Å². The number of fused-ring (bicyclic) bond motifs is 1. The minimum atomic E-state index is -0.378. The summed E-state index contributed by atoms with van der Waals surface area (Å²) in [6, 6.07) is 0.943. The summed E-state index contributed by atoms with van der Waals surface area (Å²) in [5.41, 5.74) is -0.378. The van der Waals surface area contributed by atoms with Gasteiger partial charge in [0.15, 0.2) is 0 Å². The summed E-state index contributed by atoms with van der Waals surface area (Å²) in [5, 5.41) is 3.37. The highest BCUT2D eigenvalue weighted by molar-refractivity contribution is 5.86. The van der Waals surface area contributed by atoms with Crippen LogP contribution in [-0.2, 0) is 4.79 Å². The Morgan fingerprint density at radius 3 is 2.57 bits per heavy atom. The van der Waals surface area contributed by atoms with Gasteiger partial charge in [-0.1, -0.05) is 0 Å². The monoisotopic (exact) mass is 294 g/mol. The molecule has 0 aromatic rings. The van der Waals surface area contributed by atoms with Gasteiger partial charge >= 0.3 is 0 Å². The van der Waals surface area contributed by atoms with Crippen molar-refractivity contribution in [2.45, 2.75) is 51.2 Å². The molecule has 0 saturated carbocycles. The van der Waals surface area contributed by atoms with Crippen LogP contribution in [0.1, 0.15) is 33.6 Å². The first-order chi connectivity index (χ1) is 10.00. The topological polar surface area (TPSA) is 38.8 Å². The normalized spacial score (nSPS) is 32.2. The maximum atomic E-state index is 13.2. The SMILES string of the molecule is CC1CN2CCCC2CN1C(=O)C(C)(C)N1CCNCC1. The van der Waals surface area contributed by atoms with Gasteiger partial charge in [-0.05, 0) is 40.2 Å². The molecule has 2 atom stereocenters. The minimum absolute atomic E-state index is 0.323. The van der Waals surface area contributed by atoms with E-state index >= 15 is 0 Å². The third-order valence-corrected chi connectivity index (χ3v) is 5.63. The highest BCUT2D eigenvalue weighted by atomic mass is 16.2. The van der Waals surface area contributed by atoms with Crippen LogP contribution in [-0.4, -0.2) is 84.0 Å². The second-order valence-corrected chi connectivity index (χ2v) is 7.39. The standard InChI is InChI=1S/C16H30N4O/c1-13-11-18-8-4-5-14(18)12-20(13)15(21)16(2,3)19-9-6-17-7-10-19/h13-14,17H,4-12H2,1-3H3. The molecule has 5 heteroatoms. The van der Waals surface area contributed by atoms with Crippen molar-refractivity contribution in [3.8, 4) is 0 Å². The molecule has 0 radical (unpaired) electrons. The first-order valence-corrected chi connectivity index (χ1v) is 8.51. The Balaban J connectivity index is 1.70. The predicted octanol–water partition coefficient (Wildman–Crippen LogP) is 0.365. The lowest BCUT2D eigenvalue weighted by atomic mass is 9.96. The van der Waals surface area contributed by atoms with Gasteiger partial charge in [-0.2, -0.15) is 0 Å². The van der Waals surface area contributed by atoms with Crippen LogP contribution in [0.25, 0.3) is 0 Å². The van der Waals surface area contributed by atoms with E-state index in [0.717, 1.165) is 39.3 Å². The van der Waals surface area contributed by atoms with Gasteiger partial charge in [-0.25, -0.2) is 0 Å². The fourth-order valence-corrected chi connectivity index (χ4v) is 4.18. The van der Waals surface area contributed by atoms with Gasteiger partial charge in [0.2, 0.25) is 5.91 Å². The van der Waals surface area contributed by atoms with Crippen LogP contribution in [0.5, 0.6) is 0 Å². The summed E-state index contributed by atoms with van der Waals surface area (Å²) in [5.74, 6) is 0.323. The third-order valence-electron chi connectivity index (χ3n) is 5.63. The molecule has 1 amide bonds. The molecule has 0 aromatic carbocycles. The van der Waals surface area contributed by atoms with Gasteiger partial charge in [0.05, 0.1) is 5.54 Å². The zero-order valence-electron chi connectivity index (χ0n) is 13.8. The summed E-state index contributed by atoms with van der Waals surface area (Å²) < 4.78 is 0. The molecule has 3 saturated heterocycles. The summed E-state index contributed by atoms with van der Waals surface area (Å²) in [4.78, 5) is 20.2. The average molecular weight is 294 g/mol. The molecule has 3 aliphatic heterocycles. The van der Waals surface area contributed by atoms with Crippen molar-refractivity contribution < 1.29 is 4.79 Å². The van der Waals surface area contributed by atoms with Crippen LogP contribution in [0.2, 0.25) is 0 Å². The summed E-state index contributed by atoms with van der Waals surface area (Å²) in [6.07, 6.45) is 2.55. The van der Waals surface area contributed by atoms with E-state index in [0.29, 0.717) is 18.0 Å². The van der Waals surface area contributed by atoms with E-state index in [1.165, 1.54) is 19.4 Å². The molecule has 0 aromatic heterocycles. The van der Waals surface area contributed by atoms with Crippen molar-refractivity contribution >= 4 is 5.91 Å². The predicted molar refractivity (Wildman–Crippen MR) is 84.3 cm³/mol. The van der Waals surface area contributed by atoms with Gasteiger partial charge in [-0.3, -0.25) is 14.6 Å². The van der Waals surface area contributed by atoms with E-state index in [9.17, 15) is 4.79 Å². The smallest absolute Gasteiger partial charge is 0.242 e. The van der Waals surface area contributed by atoms with Gasteiger partial charge in [-0.15, -0.1) is 0 Å². The van der Waals surface area contributed by atoms with Crippen LogP contribution in [0, 0.1) is 0 Å². The van der Waals surface area contributed by atoms with Crippen molar-refractivity contribution in [2.75, 3.05) is 45.8 Å². The van der Waals surface area contributed by atoms with E-state index in [1.807, 2.05) is 0 Å². The van der Waals surface area contributed by atoms with E-state index in [-0.39, 0.29) is 5.54 Å². The molecule has 3 fully saturated rings. The second-order valence-electron chi connectivity index (χ2n) is 7.39. The number of rotatable bonds is 2. The van der Waals surface area contributed by atoms with Crippen molar-refractivity contribution in [3.63, 3.8) is 0 Å². The minimum Gasteiger partial charge on any atom is -0.336 e. The molecule has 120 valence electrons. The van der Waals surface area contributed by atoms with Crippen LogP contribution in [0.15, 0.2) is 0 Å². The van der Waals surface area contributed by atoms with Gasteiger partial charge in [0, 0.05) is 51.4 Å². The van der Waals surface area contributed by atoms with Crippen molar-refractivity contribution in [3.05, 3.63) is 0 Å². The lowest BCUT2D eigenvalue weighted by molar-refractivity contribution is -0.149. The number of nitrogens with one attached hydrogen (secondary N) is 1. The molecule has 0 aliphatic carbocycles. The Kier molecular flexibility index (Phi) is 4.26. The first-order valence-electron chi connectivity index (χ1n) is 8.51. The van der Waals surface area contributed by atoms with Crippen molar-refractivity contribution in [1.82, 2.24) is 20.0 Å². The Morgan fingerprint density at radius 1 is 1.14 bits per heavy atom. The van der Waals surface area contributed by atoms with Crippen LogP contribution < -0.4 is 5.32 Å². The number of hydrogen-bond donors (Lipinski definition) is 1. The number of nitrogens with zero attached hydrogens (tertiary/aromatic N) is 3. The Labute approximate surface area is 128 Å². The van der Waals surface area contributed by atoms with Crippen LogP contribution in [0.4, 0.5) is 0 Å². The molecule has 3 rings (SSSR count). The largest absolute Gasteiger partial charge is 0.336 e. The van der Waals surface area contributed by atoms with Gasteiger partial charge < -0.3 is 10.2 Å². The molecule has 3 aliphatic rings. The maximum Gasteiger partial charge on any atom is 0.242 e. The Hall–Kier alpha value is -0.650.